The third-order valence-electron chi connectivity index (χ3n) is 3.02. The molecule has 2 aromatic rings. The van der Waals surface area contributed by atoms with E-state index >= 15 is 0 Å². The van der Waals surface area contributed by atoms with Crippen LogP contribution in [-0.2, 0) is 10.3 Å². The van der Waals surface area contributed by atoms with Crippen LogP contribution >= 0.6 is 11.3 Å². The lowest BCUT2D eigenvalue weighted by molar-refractivity contribution is -0.0334. The van der Waals surface area contributed by atoms with E-state index in [9.17, 15) is 9.90 Å². The van der Waals surface area contributed by atoms with E-state index in [1.54, 1.807) is 11.4 Å². The Morgan fingerprint density at radius 1 is 1.35 bits per heavy atom. The van der Waals surface area contributed by atoms with Gasteiger partial charge in [-0.15, -0.1) is 0 Å². The number of ether oxygens (including phenoxy) is 1. The summed E-state index contributed by atoms with van der Waals surface area (Å²) in [5.41, 5.74) is 0.0807. The summed E-state index contributed by atoms with van der Waals surface area (Å²) in [6, 6.07) is 10.9. The van der Waals surface area contributed by atoms with E-state index in [1.807, 2.05) is 35.7 Å². The number of hydrogen-bond donors (Lipinski definition) is 2. The maximum Gasteiger partial charge on any atom is 0.252 e. The fourth-order valence-electron chi connectivity index (χ4n) is 1.95. The fourth-order valence-corrected chi connectivity index (χ4v) is 2.58. The molecule has 1 amide bonds. The van der Waals surface area contributed by atoms with Gasteiger partial charge in [-0.2, -0.15) is 11.3 Å². The first-order chi connectivity index (χ1) is 9.65. The van der Waals surface area contributed by atoms with Crippen molar-refractivity contribution in [1.29, 1.82) is 0 Å². The number of rotatable bonds is 6. The molecule has 2 rings (SSSR count). The van der Waals surface area contributed by atoms with Crippen molar-refractivity contribution in [2.45, 2.75) is 5.60 Å². The number of amides is 1. The highest BCUT2D eigenvalue weighted by atomic mass is 32.1. The number of thiophene rings is 1. The van der Waals surface area contributed by atoms with Gasteiger partial charge in [0.2, 0.25) is 0 Å². The van der Waals surface area contributed by atoms with Crippen LogP contribution in [-0.4, -0.2) is 31.3 Å². The van der Waals surface area contributed by atoms with E-state index in [0.29, 0.717) is 11.1 Å². The van der Waals surface area contributed by atoms with Gasteiger partial charge in [-0.05, 0) is 17.0 Å². The van der Waals surface area contributed by atoms with Crippen molar-refractivity contribution in [1.82, 2.24) is 5.32 Å². The molecule has 0 saturated carbocycles. The number of hydrogen-bond acceptors (Lipinski definition) is 4. The van der Waals surface area contributed by atoms with E-state index < -0.39 is 5.60 Å². The first-order valence-electron chi connectivity index (χ1n) is 6.23. The average molecular weight is 291 g/mol. The van der Waals surface area contributed by atoms with Gasteiger partial charge in [0.15, 0.2) is 0 Å². The molecule has 2 N–H and O–H groups in total. The second-order valence-electron chi connectivity index (χ2n) is 4.53. The molecule has 1 unspecified atom stereocenters. The highest BCUT2D eigenvalue weighted by molar-refractivity contribution is 7.08. The number of carbonyl (C=O) groups excluding carboxylic acids is 1. The van der Waals surface area contributed by atoms with Crippen LogP contribution in [0.2, 0.25) is 0 Å². The Balaban J connectivity index is 2.08. The van der Waals surface area contributed by atoms with Crippen LogP contribution in [0.4, 0.5) is 0 Å². The first-order valence-corrected chi connectivity index (χ1v) is 7.17. The third kappa shape index (κ3) is 3.45. The van der Waals surface area contributed by atoms with E-state index in [2.05, 4.69) is 5.32 Å². The van der Waals surface area contributed by atoms with Gasteiger partial charge in [0.25, 0.3) is 5.91 Å². The maximum atomic E-state index is 11.9. The summed E-state index contributed by atoms with van der Waals surface area (Å²) in [5.74, 6) is -0.197. The normalized spacial score (nSPS) is 13.7. The van der Waals surface area contributed by atoms with E-state index in [0.717, 1.165) is 0 Å². The van der Waals surface area contributed by atoms with Crippen LogP contribution in [0.3, 0.4) is 0 Å². The molecule has 20 heavy (non-hydrogen) atoms. The summed E-state index contributed by atoms with van der Waals surface area (Å²) >= 11 is 1.46. The van der Waals surface area contributed by atoms with Crippen molar-refractivity contribution in [2.75, 3.05) is 20.3 Å². The molecule has 5 heteroatoms. The predicted octanol–water partition coefficient (Wildman–Crippen LogP) is 2.01. The molecule has 0 bridgehead atoms. The summed E-state index contributed by atoms with van der Waals surface area (Å²) in [5, 5.41) is 17.1. The van der Waals surface area contributed by atoms with Crippen molar-refractivity contribution < 1.29 is 14.6 Å². The molecule has 1 atom stereocenters. The van der Waals surface area contributed by atoms with Gasteiger partial charge >= 0.3 is 0 Å². The minimum absolute atomic E-state index is 0.0968. The summed E-state index contributed by atoms with van der Waals surface area (Å²) in [4.78, 5) is 11.9. The summed E-state index contributed by atoms with van der Waals surface area (Å²) in [6.07, 6.45) is 0. The smallest absolute Gasteiger partial charge is 0.252 e. The molecule has 1 heterocycles. The molecule has 4 nitrogen and oxygen atoms in total. The quantitative estimate of drug-likeness (QED) is 0.856. The Morgan fingerprint density at radius 2 is 2.10 bits per heavy atom. The predicted molar refractivity (Wildman–Crippen MR) is 78.9 cm³/mol. The SMILES string of the molecule is COCC(O)(CNC(=O)c1ccsc1)c1ccccc1. The second-order valence-corrected chi connectivity index (χ2v) is 5.31. The highest BCUT2D eigenvalue weighted by Crippen LogP contribution is 2.20. The van der Waals surface area contributed by atoms with Gasteiger partial charge in [0.05, 0.1) is 13.2 Å². The van der Waals surface area contributed by atoms with Crippen molar-refractivity contribution in [3.8, 4) is 0 Å². The standard InChI is InChI=1S/C15H17NO3S/c1-19-11-15(18,13-5-3-2-4-6-13)10-16-14(17)12-7-8-20-9-12/h2-9,18H,10-11H2,1H3,(H,16,17). The molecule has 0 saturated heterocycles. The van der Waals surface area contributed by atoms with Gasteiger partial charge in [0, 0.05) is 18.1 Å². The topological polar surface area (TPSA) is 58.6 Å². The fraction of sp³-hybridized carbons (Fsp3) is 0.267. The molecular formula is C15H17NO3S. The maximum absolute atomic E-state index is 11.9. The Hall–Kier alpha value is -1.69. The van der Waals surface area contributed by atoms with Crippen LogP contribution in [0.1, 0.15) is 15.9 Å². The molecule has 0 spiro atoms. The van der Waals surface area contributed by atoms with Crippen LogP contribution in [0, 0.1) is 0 Å². The molecule has 1 aromatic carbocycles. The summed E-state index contributed by atoms with van der Waals surface area (Å²) in [7, 11) is 1.52. The van der Waals surface area contributed by atoms with E-state index in [4.69, 9.17) is 4.74 Å². The van der Waals surface area contributed by atoms with Crippen molar-refractivity contribution in [3.05, 3.63) is 58.3 Å². The lowest BCUT2D eigenvalue weighted by Gasteiger charge is -2.28. The number of nitrogens with one attached hydrogen (secondary N) is 1. The van der Waals surface area contributed by atoms with Crippen LogP contribution in [0.25, 0.3) is 0 Å². The zero-order valence-corrected chi connectivity index (χ0v) is 12.0. The molecular weight excluding hydrogens is 274 g/mol. The van der Waals surface area contributed by atoms with Gasteiger partial charge in [-0.25, -0.2) is 0 Å². The number of aliphatic hydroxyl groups is 1. The molecule has 106 valence electrons. The van der Waals surface area contributed by atoms with Crippen molar-refractivity contribution in [2.24, 2.45) is 0 Å². The minimum Gasteiger partial charge on any atom is -0.381 e. The Kier molecular flexibility index (Phi) is 4.89. The Bertz CT molecular complexity index is 542. The average Bonchev–Trinajstić information content (AvgIpc) is 3.00. The van der Waals surface area contributed by atoms with Crippen LogP contribution in [0.5, 0.6) is 0 Å². The Morgan fingerprint density at radius 3 is 2.70 bits per heavy atom. The van der Waals surface area contributed by atoms with Gasteiger partial charge < -0.3 is 15.2 Å². The Labute approximate surface area is 122 Å². The molecule has 0 aliphatic carbocycles. The van der Waals surface area contributed by atoms with E-state index in [1.165, 1.54) is 18.4 Å². The second kappa shape index (κ2) is 6.65. The zero-order chi connectivity index (χ0) is 14.4. The monoisotopic (exact) mass is 291 g/mol. The van der Waals surface area contributed by atoms with Gasteiger partial charge in [-0.3, -0.25) is 4.79 Å². The molecule has 0 fully saturated rings. The molecule has 0 aliphatic rings. The lowest BCUT2D eigenvalue weighted by Crippen LogP contribution is -2.43. The molecule has 0 aliphatic heterocycles. The largest absolute Gasteiger partial charge is 0.381 e. The number of benzene rings is 1. The first kappa shape index (κ1) is 14.7. The zero-order valence-electron chi connectivity index (χ0n) is 11.2. The minimum atomic E-state index is -1.23. The number of methoxy groups -OCH3 is 1. The van der Waals surface area contributed by atoms with Gasteiger partial charge in [-0.1, -0.05) is 30.3 Å². The van der Waals surface area contributed by atoms with E-state index in [-0.39, 0.29) is 19.1 Å². The summed E-state index contributed by atoms with van der Waals surface area (Å²) in [6.45, 7) is 0.209. The molecule has 1 aromatic heterocycles. The highest BCUT2D eigenvalue weighted by Gasteiger charge is 2.30. The molecule has 0 radical (unpaired) electrons. The van der Waals surface area contributed by atoms with Crippen molar-refractivity contribution in [3.63, 3.8) is 0 Å². The summed E-state index contributed by atoms with van der Waals surface area (Å²) < 4.78 is 5.09. The number of carbonyl (C=O) groups is 1. The van der Waals surface area contributed by atoms with Crippen LogP contribution in [0.15, 0.2) is 47.2 Å². The van der Waals surface area contributed by atoms with Crippen LogP contribution < -0.4 is 5.32 Å². The van der Waals surface area contributed by atoms with Gasteiger partial charge in [0.1, 0.15) is 5.60 Å². The lowest BCUT2D eigenvalue weighted by atomic mass is 9.94. The van der Waals surface area contributed by atoms with Crippen molar-refractivity contribution >= 4 is 17.2 Å². The third-order valence-corrected chi connectivity index (χ3v) is 3.70.